The maximum atomic E-state index is 13.4. The number of likely N-dealkylation sites (tertiary alicyclic amines) is 1. The van der Waals surface area contributed by atoms with E-state index in [-0.39, 0.29) is 11.4 Å². The molecule has 1 spiro atoms. The summed E-state index contributed by atoms with van der Waals surface area (Å²) in [6.45, 7) is 5.90. The molecule has 2 aliphatic heterocycles. The van der Waals surface area contributed by atoms with Crippen molar-refractivity contribution < 1.29 is 4.79 Å². The molecule has 1 fully saturated rings. The van der Waals surface area contributed by atoms with Crippen LogP contribution in [0.4, 0.5) is 5.69 Å². The molecule has 0 atom stereocenters. The SMILES string of the molecule is Cc1nc2c3c(c(C(=O)N4CCCC4)cn2c1C)CCC1(Cc2ccccc2C1)N3. The largest absolute Gasteiger partial charge is 0.376 e. The van der Waals surface area contributed by atoms with Crippen LogP contribution in [0.5, 0.6) is 0 Å². The number of aryl methyl sites for hydroxylation is 2. The molecule has 3 aliphatic rings. The van der Waals surface area contributed by atoms with Crippen molar-refractivity contribution >= 4 is 17.2 Å². The standard InChI is InChI=1S/C25H28N4O/c1-16-17(2)29-15-21(24(30)28-11-5-6-12-28)20-9-10-25(27-22(20)23(29)26-16)13-18-7-3-4-8-19(18)14-25/h3-4,7-8,15,27H,5-6,9-14H2,1-2H3. The van der Waals surface area contributed by atoms with Crippen LogP contribution in [0.1, 0.15) is 57.7 Å². The normalized spacial score (nSPS) is 19.2. The van der Waals surface area contributed by atoms with Crippen LogP contribution in [-0.2, 0) is 19.3 Å². The summed E-state index contributed by atoms with van der Waals surface area (Å²) in [5, 5.41) is 3.93. The monoisotopic (exact) mass is 400 g/mol. The predicted molar refractivity (Wildman–Crippen MR) is 118 cm³/mol. The lowest BCUT2D eigenvalue weighted by Crippen LogP contribution is -2.43. The fraction of sp³-hybridized carbons (Fsp3) is 0.440. The Kier molecular flexibility index (Phi) is 3.80. The summed E-state index contributed by atoms with van der Waals surface area (Å²) in [5.74, 6) is 0.184. The van der Waals surface area contributed by atoms with Crippen LogP contribution < -0.4 is 5.32 Å². The van der Waals surface area contributed by atoms with Crippen LogP contribution in [0.3, 0.4) is 0 Å². The third-order valence-electron chi connectivity index (χ3n) is 7.54. The van der Waals surface area contributed by atoms with E-state index in [9.17, 15) is 4.79 Å². The molecule has 4 heterocycles. The maximum Gasteiger partial charge on any atom is 0.255 e. The number of nitrogens with zero attached hydrogens (tertiary/aromatic N) is 3. The molecule has 1 aromatic carbocycles. The number of amides is 1. The number of fused-ring (bicyclic) bond motifs is 4. The van der Waals surface area contributed by atoms with Gasteiger partial charge in [-0.2, -0.15) is 0 Å². The quantitative estimate of drug-likeness (QED) is 0.670. The molecule has 0 saturated carbocycles. The molecule has 0 radical (unpaired) electrons. The minimum absolute atomic E-state index is 0.0280. The molecule has 0 unspecified atom stereocenters. The van der Waals surface area contributed by atoms with Gasteiger partial charge in [0.05, 0.1) is 16.9 Å². The smallest absolute Gasteiger partial charge is 0.255 e. The molecule has 1 N–H and O–H groups in total. The van der Waals surface area contributed by atoms with Crippen molar-refractivity contribution in [2.24, 2.45) is 0 Å². The minimum atomic E-state index is 0.0280. The lowest BCUT2D eigenvalue weighted by molar-refractivity contribution is 0.0791. The van der Waals surface area contributed by atoms with Crippen LogP contribution in [-0.4, -0.2) is 38.8 Å². The van der Waals surface area contributed by atoms with E-state index in [2.05, 4.69) is 47.8 Å². The molecule has 6 rings (SSSR count). The number of hydrogen-bond donors (Lipinski definition) is 1. The Hall–Kier alpha value is -2.82. The molecule has 2 aromatic heterocycles. The van der Waals surface area contributed by atoms with E-state index in [1.165, 1.54) is 11.1 Å². The van der Waals surface area contributed by atoms with Crippen LogP contribution in [0.25, 0.3) is 5.65 Å². The van der Waals surface area contributed by atoms with Gasteiger partial charge < -0.3 is 14.6 Å². The van der Waals surface area contributed by atoms with E-state index in [0.717, 1.165) is 85.5 Å². The molecule has 1 aliphatic carbocycles. The highest BCUT2D eigenvalue weighted by Gasteiger charge is 2.41. The summed E-state index contributed by atoms with van der Waals surface area (Å²) in [4.78, 5) is 20.4. The summed E-state index contributed by atoms with van der Waals surface area (Å²) in [7, 11) is 0. The van der Waals surface area contributed by atoms with Crippen molar-refractivity contribution in [3.63, 3.8) is 0 Å². The minimum Gasteiger partial charge on any atom is -0.376 e. The van der Waals surface area contributed by atoms with Crippen molar-refractivity contribution in [1.82, 2.24) is 14.3 Å². The Bertz CT molecular complexity index is 1160. The lowest BCUT2D eigenvalue weighted by atomic mass is 9.82. The number of anilines is 1. The van der Waals surface area contributed by atoms with Gasteiger partial charge in [0.25, 0.3) is 5.91 Å². The van der Waals surface area contributed by atoms with Gasteiger partial charge in [-0.15, -0.1) is 0 Å². The van der Waals surface area contributed by atoms with Gasteiger partial charge in [-0.05, 0) is 69.1 Å². The average molecular weight is 401 g/mol. The second kappa shape index (κ2) is 6.34. The van der Waals surface area contributed by atoms with Crippen molar-refractivity contribution in [3.05, 3.63) is 64.1 Å². The number of nitrogens with one attached hydrogen (secondary N) is 1. The van der Waals surface area contributed by atoms with Crippen molar-refractivity contribution in [2.75, 3.05) is 18.4 Å². The van der Waals surface area contributed by atoms with Crippen molar-refractivity contribution in [3.8, 4) is 0 Å². The Morgan fingerprint density at radius 1 is 1.10 bits per heavy atom. The second-order valence-electron chi connectivity index (χ2n) is 9.40. The molecule has 154 valence electrons. The molecular weight excluding hydrogens is 372 g/mol. The van der Waals surface area contributed by atoms with Gasteiger partial charge in [0, 0.05) is 30.5 Å². The van der Waals surface area contributed by atoms with Crippen LogP contribution in [0.15, 0.2) is 30.5 Å². The van der Waals surface area contributed by atoms with Gasteiger partial charge in [0.15, 0.2) is 5.65 Å². The molecule has 0 bridgehead atoms. The summed E-state index contributed by atoms with van der Waals surface area (Å²) in [6, 6.07) is 8.80. The molecule has 1 amide bonds. The molecule has 3 aromatic rings. The Morgan fingerprint density at radius 3 is 2.50 bits per heavy atom. The highest BCUT2D eigenvalue weighted by Crippen LogP contribution is 2.43. The molecule has 5 nitrogen and oxygen atoms in total. The van der Waals surface area contributed by atoms with Crippen LogP contribution in [0, 0.1) is 13.8 Å². The van der Waals surface area contributed by atoms with E-state index >= 15 is 0 Å². The van der Waals surface area contributed by atoms with Crippen LogP contribution in [0.2, 0.25) is 0 Å². The highest BCUT2D eigenvalue weighted by atomic mass is 16.2. The van der Waals surface area contributed by atoms with E-state index in [1.54, 1.807) is 0 Å². The zero-order valence-electron chi connectivity index (χ0n) is 17.8. The molecule has 1 saturated heterocycles. The number of hydrogen-bond acceptors (Lipinski definition) is 3. The number of benzene rings is 1. The van der Waals surface area contributed by atoms with Gasteiger partial charge in [0.1, 0.15) is 0 Å². The Labute approximate surface area is 177 Å². The number of rotatable bonds is 1. The first-order chi connectivity index (χ1) is 14.5. The Morgan fingerprint density at radius 2 is 1.80 bits per heavy atom. The molecular formula is C25H28N4O. The third kappa shape index (κ3) is 2.54. The van der Waals surface area contributed by atoms with Crippen LogP contribution >= 0.6 is 0 Å². The first kappa shape index (κ1) is 18.0. The van der Waals surface area contributed by atoms with Gasteiger partial charge in [-0.3, -0.25) is 4.79 Å². The summed E-state index contributed by atoms with van der Waals surface area (Å²) < 4.78 is 2.13. The summed E-state index contributed by atoms with van der Waals surface area (Å²) in [6.07, 6.45) is 8.32. The fourth-order valence-corrected chi connectivity index (χ4v) is 5.75. The fourth-order valence-electron chi connectivity index (χ4n) is 5.75. The second-order valence-corrected chi connectivity index (χ2v) is 9.40. The first-order valence-electron chi connectivity index (χ1n) is 11.2. The van der Waals surface area contributed by atoms with Gasteiger partial charge in [-0.1, -0.05) is 24.3 Å². The zero-order chi connectivity index (χ0) is 20.5. The third-order valence-corrected chi connectivity index (χ3v) is 7.54. The number of carbonyl (C=O) groups is 1. The van der Waals surface area contributed by atoms with E-state index in [1.807, 2.05) is 11.1 Å². The average Bonchev–Trinajstić information content (AvgIpc) is 3.46. The predicted octanol–water partition coefficient (Wildman–Crippen LogP) is 4.08. The maximum absolute atomic E-state index is 13.4. The van der Waals surface area contributed by atoms with E-state index in [0.29, 0.717) is 0 Å². The van der Waals surface area contributed by atoms with Gasteiger partial charge >= 0.3 is 0 Å². The van der Waals surface area contributed by atoms with E-state index in [4.69, 9.17) is 4.98 Å². The highest BCUT2D eigenvalue weighted by molar-refractivity contribution is 5.99. The topological polar surface area (TPSA) is 49.6 Å². The number of imidazole rings is 1. The van der Waals surface area contributed by atoms with Gasteiger partial charge in [0.2, 0.25) is 0 Å². The first-order valence-corrected chi connectivity index (χ1v) is 11.2. The summed E-state index contributed by atoms with van der Waals surface area (Å²) in [5.41, 5.74) is 9.12. The number of aromatic nitrogens is 2. The van der Waals surface area contributed by atoms with E-state index < -0.39 is 0 Å². The number of pyridine rings is 1. The Balaban J connectivity index is 1.49. The molecule has 5 heteroatoms. The van der Waals surface area contributed by atoms with Gasteiger partial charge in [-0.25, -0.2) is 4.98 Å². The van der Waals surface area contributed by atoms with Crippen molar-refractivity contribution in [1.29, 1.82) is 0 Å². The lowest BCUT2D eigenvalue weighted by Gasteiger charge is -2.38. The summed E-state index contributed by atoms with van der Waals surface area (Å²) >= 11 is 0. The molecule has 30 heavy (non-hydrogen) atoms. The van der Waals surface area contributed by atoms with Crippen molar-refractivity contribution in [2.45, 2.75) is 57.9 Å². The number of carbonyl (C=O) groups excluding carboxylic acids is 1. The zero-order valence-corrected chi connectivity index (χ0v) is 17.8.